The Hall–Kier alpha value is -3.04. The van der Waals surface area contributed by atoms with E-state index in [0.717, 1.165) is 23.5 Å². The van der Waals surface area contributed by atoms with E-state index in [4.69, 9.17) is 21.1 Å². The molecular weight excluding hydrogens is 428 g/mol. The number of rotatable bonds is 6. The lowest BCUT2D eigenvalue weighted by Crippen LogP contribution is -2.28. The van der Waals surface area contributed by atoms with Crippen LogP contribution in [0.5, 0.6) is 11.5 Å². The summed E-state index contributed by atoms with van der Waals surface area (Å²) in [6, 6.07) is 12.0. The second kappa shape index (κ2) is 8.37. The average molecular weight is 447 g/mol. The van der Waals surface area contributed by atoms with Crippen LogP contribution in [-0.2, 0) is 16.6 Å². The van der Waals surface area contributed by atoms with Gasteiger partial charge in [0, 0.05) is 7.05 Å². The highest BCUT2D eigenvalue weighted by molar-refractivity contribution is 7.92. The Kier molecular flexibility index (Phi) is 5.65. The van der Waals surface area contributed by atoms with Crippen LogP contribution in [0.4, 0.5) is 11.5 Å². The van der Waals surface area contributed by atoms with Crippen LogP contribution in [0.3, 0.4) is 0 Å². The molecule has 1 N–H and O–H groups in total. The van der Waals surface area contributed by atoms with Crippen molar-refractivity contribution in [3.8, 4) is 11.5 Å². The zero-order chi connectivity index (χ0) is 21.1. The first kappa shape index (κ1) is 20.2. The molecule has 2 heterocycles. The summed E-state index contributed by atoms with van der Waals surface area (Å²) in [5.74, 6) is 1.01. The van der Waals surface area contributed by atoms with Gasteiger partial charge in [0.2, 0.25) is 0 Å². The highest BCUT2D eigenvalue weighted by atomic mass is 35.5. The van der Waals surface area contributed by atoms with Crippen molar-refractivity contribution in [1.82, 2.24) is 9.97 Å². The third kappa shape index (κ3) is 4.27. The normalized spacial score (nSPS) is 13.3. The predicted octanol–water partition coefficient (Wildman–Crippen LogP) is 3.34. The van der Waals surface area contributed by atoms with Gasteiger partial charge in [0.05, 0.1) is 23.5 Å². The molecule has 0 atom stereocenters. The summed E-state index contributed by atoms with van der Waals surface area (Å²) < 4.78 is 39.3. The maximum atomic E-state index is 12.7. The first-order valence-corrected chi connectivity index (χ1v) is 11.0. The van der Waals surface area contributed by atoms with Gasteiger partial charge in [0.15, 0.2) is 11.6 Å². The molecule has 0 aliphatic carbocycles. The third-order valence-electron chi connectivity index (χ3n) is 4.55. The number of anilines is 2. The van der Waals surface area contributed by atoms with Gasteiger partial charge in [-0.1, -0.05) is 29.8 Å². The smallest absolute Gasteiger partial charge is 0.264 e. The lowest BCUT2D eigenvalue weighted by molar-refractivity contribution is 0.297. The van der Waals surface area contributed by atoms with Gasteiger partial charge < -0.3 is 14.4 Å². The fraction of sp³-hybridized carbons (Fsp3) is 0.200. The van der Waals surface area contributed by atoms with Crippen LogP contribution in [0.2, 0.25) is 5.02 Å². The number of sulfonamides is 1. The zero-order valence-corrected chi connectivity index (χ0v) is 17.7. The number of fused-ring (bicyclic) bond motifs is 1. The summed E-state index contributed by atoms with van der Waals surface area (Å²) in [6.07, 6.45) is 2.64. The first-order chi connectivity index (χ1) is 14.4. The molecule has 0 unspecified atom stereocenters. The third-order valence-corrected chi connectivity index (χ3v) is 6.39. The quantitative estimate of drug-likeness (QED) is 0.620. The van der Waals surface area contributed by atoms with Crippen molar-refractivity contribution in [3.63, 3.8) is 0 Å². The Bertz CT molecular complexity index is 1170. The first-order valence-electron chi connectivity index (χ1n) is 9.11. The van der Waals surface area contributed by atoms with Crippen LogP contribution in [0.1, 0.15) is 5.56 Å². The van der Waals surface area contributed by atoms with Crippen molar-refractivity contribution in [2.45, 2.75) is 11.5 Å². The van der Waals surface area contributed by atoms with Gasteiger partial charge in [0.25, 0.3) is 10.0 Å². The highest BCUT2D eigenvalue weighted by Gasteiger charge is 2.21. The van der Waals surface area contributed by atoms with Gasteiger partial charge >= 0.3 is 0 Å². The van der Waals surface area contributed by atoms with E-state index >= 15 is 0 Å². The van der Waals surface area contributed by atoms with Gasteiger partial charge in [-0.05, 0) is 29.8 Å². The minimum absolute atomic E-state index is 0.0267. The van der Waals surface area contributed by atoms with E-state index in [1.165, 1.54) is 24.7 Å². The summed E-state index contributed by atoms with van der Waals surface area (Å²) in [4.78, 5) is 10.0. The van der Waals surface area contributed by atoms with Crippen molar-refractivity contribution >= 4 is 33.1 Å². The Morgan fingerprint density at radius 2 is 2.10 bits per heavy atom. The number of ether oxygens (including phenoxy) is 2. The largest absolute Gasteiger partial charge is 0.490 e. The van der Waals surface area contributed by atoms with E-state index < -0.39 is 10.0 Å². The van der Waals surface area contributed by atoms with Crippen molar-refractivity contribution in [2.24, 2.45) is 0 Å². The predicted molar refractivity (Wildman–Crippen MR) is 114 cm³/mol. The van der Waals surface area contributed by atoms with E-state index in [2.05, 4.69) is 19.6 Å². The molecule has 10 heteroatoms. The molecule has 0 radical (unpaired) electrons. The summed E-state index contributed by atoms with van der Waals surface area (Å²) >= 11 is 6.03. The van der Waals surface area contributed by atoms with Gasteiger partial charge in [-0.25, -0.2) is 18.4 Å². The molecule has 0 amide bonds. The summed E-state index contributed by atoms with van der Waals surface area (Å²) in [5, 5.41) is 0.112. The van der Waals surface area contributed by atoms with Crippen LogP contribution in [0, 0.1) is 0 Å². The number of hydrogen-bond acceptors (Lipinski definition) is 7. The molecule has 0 spiro atoms. The van der Waals surface area contributed by atoms with Gasteiger partial charge in [-0.15, -0.1) is 0 Å². The Labute approximate surface area is 179 Å². The Morgan fingerprint density at radius 3 is 2.93 bits per heavy atom. The Morgan fingerprint density at radius 1 is 1.27 bits per heavy atom. The number of likely N-dealkylation sites (N-methyl/N-ethyl adjacent to an activating group) is 1. The molecule has 2 aromatic carbocycles. The topological polar surface area (TPSA) is 93.7 Å². The second-order valence-electron chi connectivity index (χ2n) is 6.63. The molecule has 3 aromatic rings. The van der Waals surface area contributed by atoms with Crippen molar-refractivity contribution in [1.29, 1.82) is 0 Å². The molecule has 0 bridgehead atoms. The lowest BCUT2D eigenvalue weighted by Gasteiger charge is -2.28. The van der Waals surface area contributed by atoms with Crippen LogP contribution in [0.15, 0.2) is 59.9 Å². The van der Waals surface area contributed by atoms with Crippen molar-refractivity contribution < 1.29 is 17.9 Å². The molecule has 1 aliphatic rings. The number of halogens is 1. The van der Waals surface area contributed by atoms with E-state index in [0.29, 0.717) is 6.61 Å². The molecule has 1 aromatic heterocycles. The molecule has 30 heavy (non-hydrogen) atoms. The fourth-order valence-corrected chi connectivity index (χ4v) is 4.54. The maximum absolute atomic E-state index is 12.7. The summed E-state index contributed by atoms with van der Waals surface area (Å²) in [6.45, 7) is 1.64. The van der Waals surface area contributed by atoms with Crippen molar-refractivity contribution in [3.05, 3.63) is 65.6 Å². The number of hydrogen-bond donors (Lipinski definition) is 1. The number of nitrogens with one attached hydrogen (secondary N) is 1. The van der Waals surface area contributed by atoms with E-state index in [-0.39, 0.29) is 28.1 Å². The minimum atomic E-state index is -3.95. The molecular formula is C20H19ClN4O4S. The highest BCUT2D eigenvalue weighted by Crippen LogP contribution is 2.32. The zero-order valence-electron chi connectivity index (χ0n) is 16.1. The molecule has 156 valence electrons. The average Bonchev–Trinajstić information content (AvgIpc) is 2.73. The van der Waals surface area contributed by atoms with Crippen LogP contribution in [0.25, 0.3) is 0 Å². The number of nitrogens with zero attached hydrogens (tertiary/aromatic N) is 3. The second-order valence-corrected chi connectivity index (χ2v) is 8.69. The van der Waals surface area contributed by atoms with Crippen molar-refractivity contribution in [2.75, 3.05) is 29.8 Å². The van der Waals surface area contributed by atoms with E-state index in [9.17, 15) is 8.42 Å². The van der Waals surface area contributed by atoms with E-state index in [1.807, 2.05) is 25.2 Å². The molecule has 0 fully saturated rings. The van der Waals surface area contributed by atoms with Gasteiger partial charge in [0.1, 0.15) is 30.2 Å². The summed E-state index contributed by atoms with van der Waals surface area (Å²) in [5.41, 5.74) is 1.88. The fourth-order valence-electron chi connectivity index (χ4n) is 3.00. The lowest BCUT2D eigenvalue weighted by atomic mass is 10.1. The van der Waals surface area contributed by atoms with Crippen LogP contribution in [-0.4, -0.2) is 38.6 Å². The van der Waals surface area contributed by atoms with Gasteiger partial charge in [-0.3, -0.25) is 4.72 Å². The standard InChI is InChI=1S/C20H19ClN4O4S/c1-25-8-9-28-17-10-14(6-7-16(17)25)12-29-18-11-22-13-23-20(18)24-30(26,27)19-5-3-2-4-15(19)21/h2-7,10-11,13H,8-9,12H2,1H3,(H,22,23,24). The maximum Gasteiger partial charge on any atom is 0.264 e. The van der Waals surface area contributed by atoms with Crippen LogP contribution >= 0.6 is 11.6 Å². The van der Waals surface area contributed by atoms with Gasteiger partial charge in [-0.2, -0.15) is 0 Å². The monoisotopic (exact) mass is 446 g/mol. The number of benzene rings is 2. The molecule has 0 saturated carbocycles. The molecule has 1 aliphatic heterocycles. The molecule has 4 rings (SSSR count). The molecule has 8 nitrogen and oxygen atoms in total. The van der Waals surface area contributed by atoms with Crippen LogP contribution < -0.4 is 19.1 Å². The summed E-state index contributed by atoms with van der Waals surface area (Å²) in [7, 11) is -1.94. The van der Waals surface area contributed by atoms with E-state index in [1.54, 1.807) is 12.1 Å². The molecule has 0 saturated heterocycles. The number of aromatic nitrogens is 2. The Balaban J connectivity index is 1.52. The minimum Gasteiger partial charge on any atom is -0.490 e. The SMILES string of the molecule is CN1CCOc2cc(COc3cncnc3NS(=O)(=O)c3ccccc3Cl)ccc21.